The molecule has 9 heteroatoms. The average molecular weight is 592 g/mol. The molecule has 3 aromatic carbocycles. The highest BCUT2D eigenvalue weighted by Gasteiger charge is 2.33. The van der Waals surface area contributed by atoms with Crippen LogP contribution in [0, 0.1) is 6.92 Å². The number of hydrogen-bond donors (Lipinski definition) is 1. The van der Waals surface area contributed by atoms with E-state index in [0.717, 1.165) is 47.5 Å². The Morgan fingerprint density at radius 3 is 2.19 bits per heavy atom. The van der Waals surface area contributed by atoms with Crippen molar-refractivity contribution in [2.75, 3.05) is 17.5 Å². The van der Waals surface area contributed by atoms with Crippen LogP contribution in [0.15, 0.2) is 83.8 Å². The highest BCUT2D eigenvalue weighted by Crippen LogP contribution is 2.26. The Balaban J connectivity index is 1.65. The number of sulfonamides is 1. The van der Waals surface area contributed by atoms with Gasteiger partial charge in [-0.05, 0) is 75.6 Å². The molecule has 1 aliphatic carbocycles. The number of carbonyl (C=O) groups is 2. The summed E-state index contributed by atoms with van der Waals surface area (Å²) < 4.78 is 34.6. The van der Waals surface area contributed by atoms with Crippen molar-refractivity contribution in [1.82, 2.24) is 10.2 Å². The lowest BCUT2D eigenvalue weighted by Gasteiger charge is -2.33. The quantitative estimate of drug-likeness (QED) is 0.302. The Labute approximate surface area is 249 Å². The first kappa shape index (κ1) is 31.1. The lowest BCUT2D eigenvalue weighted by atomic mass is 9.95. The van der Waals surface area contributed by atoms with Crippen molar-refractivity contribution in [2.24, 2.45) is 0 Å². The van der Waals surface area contributed by atoms with Crippen LogP contribution in [-0.2, 0) is 26.2 Å². The summed E-state index contributed by atoms with van der Waals surface area (Å²) in [7, 11) is -4.14. The molecule has 4 rings (SSSR count). The van der Waals surface area contributed by atoms with Gasteiger partial charge in [0.25, 0.3) is 10.0 Å². The maximum Gasteiger partial charge on any atom is 0.264 e. The number of amides is 2. The van der Waals surface area contributed by atoms with Gasteiger partial charge in [0, 0.05) is 12.6 Å². The third-order valence-corrected chi connectivity index (χ3v) is 9.43. The highest BCUT2D eigenvalue weighted by atomic mass is 32.2. The van der Waals surface area contributed by atoms with Crippen LogP contribution in [0.2, 0.25) is 0 Å². The van der Waals surface area contributed by atoms with Gasteiger partial charge in [-0.2, -0.15) is 0 Å². The summed E-state index contributed by atoms with van der Waals surface area (Å²) in [6.07, 6.45) is 5.15. The van der Waals surface area contributed by atoms with Crippen molar-refractivity contribution in [3.05, 3.63) is 90.0 Å². The molecule has 2 amide bonds. The maximum absolute atomic E-state index is 14.1. The Bertz CT molecular complexity index is 1420. The molecule has 8 nitrogen and oxygen atoms in total. The second-order valence-electron chi connectivity index (χ2n) is 10.8. The number of aryl methyl sites for hydroxylation is 1. The fourth-order valence-electron chi connectivity index (χ4n) is 5.17. The van der Waals surface area contributed by atoms with Gasteiger partial charge in [-0.25, -0.2) is 8.42 Å². The van der Waals surface area contributed by atoms with E-state index in [4.69, 9.17) is 4.74 Å². The molecule has 0 bridgehead atoms. The third-order valence-electron chi connectivity index (χ3n) is 7.64. The van der Waals surface area contributed by atoms with Crippen LogP contribution in [0.1, 0.15) is 57.1 Å². The second-order valence-corrected chi connectivity index (χ2v) is 12.6. The number of rotatable bonds is 12. The van der Waals surface area contributed by atoms with E-state index in [1.165, 1.54) is 17.0 Å². The third kappa shape index (κ3) is 7.91. The molecular weight excluding hydrogens is 550 g/mol. The standard InChI is InChI=1S/C33H41N3O5S/c1-4-41-30-19-21-31(22-20-30)42(39,40)36(29-17-15-25(2)16-18-29)24-32(37)35(23-27-11-7-5-8-12-27)26(3)33(38)34-28-13-9-6-10-14-28/h5,7-8,11-12,15-22,26,28H,4,6,9-10,13-14,23-24H2,1-3H3,(H,34,38)/t26-/m0/s1. The maximum atomic E-state index is 14.1. The van der Waals surface area contributed by atoms with Crippen molar-refractivity contribution in [3.63, 3.8) is 0 Å². The van der Waals surface area contributed by atoms with E-state index >= 15 is 0 Å². The molecule has 0 spiro atoms. The van der Waals surface area contributed by atoms with Gasteiger partial charge in [-0.3, -0.25) is 13.9 Å². The summed E-state index contributed by atoms with van der Waals surface area (Å²) in [5.74, 6) is -0.149. The molecule has 0 unspecified atom stereocenters. The minimum atomic E-state index is -4.14. The molecule has 0 saturated heterocycles. The molecule has 3 aromatic rings. The van der Waals surface area contributed by atoms with Crippen molar-refractivity contribution in [2.45, 2.75) is 76.4 Å². The van der Waals surface area contributed by atoms with Crippen LogP contribution in [0.25, 0.3) is 0 Å². The van der Waals surface area contributed by atoms with E-state index in [9.17, 15) is 18.0 Å². The van der Waals surface area contributed by atoms with E-state index in [1.54, 1.807) is 31.2 Å². The highest BCUT2D eigenvalue weighted by molar-refractivity contribution is 7.92. The largest absolute Gasteiger partial charge is 0.494 e. The number of hydrogen-bond acceptors (Lipinski definition) is 5. The molecule has 0 radical (unpaired) electrons. The van der Waals surface area contributed by atoms with E-state index in [2.05, 4.69) is 5.32 Å². The van der Waals surface area contributed by atoms with Crippen molar-refractivity contribution in [1.29, 1.82) is 0 Å². The minimum Gasteiger partial charge on any atom is -0.494 e. The number of nitrogens with one attached hydrogen (secondary N) is 1. The first-order valence-electron chi connectivity index (χ1n) is 14.6. The van der Waals surface area contributed by atoms with Crippen LogP contribution in [-0.4, -0.2) is 50.4 Å². The first-order chi connectivity index (χ1) is 20.2. The molecule has 0 aromatic heterocycles. The summed E-state index contributed by atoms with van der Waals surface area (Å²) in [5, 5.41) is 3.13. The van der Waals surface area contributed by atoms with Gasteiger partial charge in [0.15, 0.2) is 0 Å². The van der Waals surface area contributed by atoms with Crippen molar-refractivity contribution in [3.8, 4) is 5.75 Å². The van der Waals surface area contributed by atoms with Gasteiger partial charge in [-0.15, -0.1) is 0 Å². The van der Waals surface area contributed by atoms with Gasteiger partial charge in [0.1, 0.15) is 18.3 Å². The number of anilines is 1. The van der Waals surface area contributed by atoms with Crippen LogP contribution >= 0.6 is 0 Å². The lowest BCUT2D eigenvalue weighted by Crippen LogP contribution is -2.53. The Kier molecular flexibility index (Phi) is 10.6. The molecule has 1 fully saturated rings. The lowest BCUT2D eigenvalue weighted by molar-refractivity contribution is -0.139. The molecule has 1 saturated carbocycles. The Hall–Kier alpha value is -3.85. The SMILES string of the molecule is CCOc1ccc(S(=O)(=O)N(CC(=O)N(Cc2ccccc2)[C@@H](C)C(=O)NC2CCCCC2)c2ccc(C)cc2)cc1. The molecule has 224 valence electrons. The fourth-order valence-corrected chi connectivity index (χ4v) is 6.59. The summed E-state index contributed by atoms with van der Waals surface area (Å²) >= 11 is 0. The zero-order valence-electron chi connectivity index (χ0n) is 24.7. The van der Waals surface area contributed by atoms with Gasteiger partial charge in [0.05, 0.1) is 17.2 Å². The smallest absolute Gasteiger partial charge is 0.264 e. The summed E-state index contributed by atoms with van der Waals surface area (Å²) in [6.45, 7) is 5.63. The normalized spacial score (nSPS) is 14.5. The zero-order chi connectivity index (χ0) is 30.1. The number of carbonyl (C=O) groups excluding carboxylic acids is 2. The van der Waals surface area contributed by atoms with Crippen molar-refractivity contribution < 1.29 is 22.7 Å². The second kappa shape index (κ2) is 14.4. The average Bonchev–Trinajstić information content (AvgIpc) is 3.00. The van der Waals surface area contributed by atoms with Crippen LogP contribution in [0.4, 0.5) is 5.69 Å². The molecule has 0 aliphatic heterocycles. The Morgan fingerprint density at radius 1 is 0.929 bits per heavy atom. The van der Waals surface area contributed by atoms with Crippen LogP contribution in [0.5, 0.6) is 5.75 Å². The van der Waals surface area contributed by atoms with E-state index in [-0.39, 0.29) is 23.4 Å². The molecule has 1 atom stereocenters. The molecular formula is C33H41N3O5S. The zero-order valence-corrected chi connectivity index (χ0v) is 25.5. The topological polar surface area (TPSA) is 96.0 Å². The van der Waals surface area contributed by atoms with Crippen LogP contribution in [0.3, 0.4) is 0 Å². The first-order valence-corrected chi connectivity index (χ1v) is 16.1. The number of nitrogens with zero attached hydrogens (tertiary/aromatic N) is 2. The summed E-state index contributed by atoms with van der Waals surface area (Å²) in [5.41, 5.74) is 2.17. The predicted octanol–water partition coefficient (Wildman–Crippen LogP) is 5.46. The minimum absolute atomic E-state index is 0.0389. The molecule has 42 heavy (non-hydrogen) atoms. The molecule has 1 N–H and O–H groups in total. The van der Waals surface area contributed by atoms with Gasteiger partial charge in [0.2, 0.25) is 11.8 Å². The van der Waals surface area contributed by atoms with E-state index < -0.39 is 28.5 Å². The fraction of sp³-hybridized carbons (Fsp3) is 0.394. The molecule has 1 aliphatic rings. The van der Waals surface area contributed by atoms with Crippen LogP contribution < -0.4 is 14.4 Å². The predicted molar refractivity (Wildman–Crippen MR) is 165 cm³/mol. The van der Waals surface area contributed by atoms with Gasteiger partial charge < -0.3 is 15.0 Å². The monoisotopic (exact) mass is 591 g/mol. The summed E-state index contributed by atoms with van der Waals surface area (Å²) in [4.78, 5) is 29.0. The van der Waals surface area contributed by atoms with Gasteiger partial charge in [-0.1, -0.05) is 67.3 Å². The van der Waals surface area contributed by atoms with E-state index in [0.29, 0.717) is 18.0 Å². The number of benzene rings is 3. The summed E-state index contributed by atoms with van der Waals surface area (Å²) in [6, 6.07) is 21.9. The molecule has 0 heterocycles. The number of ether oxygens (including phenoxy) is 1. The van der Waals surface area contributed by atoms with E-state index in [1.807, 2.05) is 56.3 Å². The Morgan fingerprint density at radius 2 is 1.57 bits per heavy atom. The van der Waals surface area contributed by atoms with Crippen molar-refractivity contribution >= 4 is 27.5 Å². The van der Waals surface area contributed by atoms with Gasteiger partial charge >= 0.3 is 0 Å².